The number of aromatic carboxylic acids is 1. The highest BCUT2D eigenvalue weighted by molar-refractivity contribution is 6.03. The number of benzene rings is 4. The topological polar surface area (TPSA) is 75.6 Å². The van der Waals surface area contributed by atoms with Gasteiger partial charge in [-0.05, 0) is 53.2 Å². The maximum Gasteiger partial charge on any atom is 0.335 e. The van der Waals surface area contributed by atoms with Crippen molar-refractivity contribution in [1.82, 2.24) is 0 Å². The first-order valence-corrected chi connectivity index (χ1v) is 9.45. The Balaban J connectivity index is 1.64. The van der Waals surface area contributed by atoms with E-state index in [0.29, 0.717) is 17.0 Å². The van der Waals surface area contributed by atoms with E-state index in [1.807, 2.05) is 54.6 Å². The third kappa shape index (κ3) is 4.31. The molecule has 4 aromatic carbocycles. The Bertz CT molecular complexity index is 1190. The number of ether oxygens (including phenoxy) is 1. The van der Waals surface area contributed by atoms with E-state index >= 15 is 0 Å². The first kappa shape index (κ1) is 19.2. The molecule has 4 aromatic rings. The highest BCUT2D eigenvalue weighted by Gasteiger charge is 2.22. The number of carboxylic acids is 1. The molecule has 0 aliphatic heterocycles. The molecule has 0 saturated carbocycles. The van der Waals surface area contributed by atoms with Crippen molar-refractivity contribution in [2.45, 2.75) is 6.23 Å². The van der Waals surface area contributed by atoms with Crippen molar-refractivity contribution in [3.63, 3.8) is 0 Å². The molecule has 5 nitrogen and oxygen atoms in total. The van der Waals surface area contributed by atoms with Crippen molar-refractivity contribution in [2.24, 2.45) is 0 Å². The molecule has 0 bridgehead atoms. The van der Waals surface area contributed by atoms with Crippen molar-refractivity contribution in [3.05, 3.63) is 108 Å². The summed E-state index contributed by atoms with van der Waals surface area (Å²) >= 11 is 0. The van der Waals surface area contributed by atoms with Crippen LogP contribution in [-0.4, -0.2) is 23.1 Å². The number of anilines is 1. The second-order valence-electron chi connectivity index (χ2n) is 6.76. The first-order chi connectivity index (χ1) is 14.6. The highest BCUT2D eigenvalue weighted by atomic mass is 16.5. The van der Waals surface area contributed by atoms with E-state index in [1.54, 1.807) is 30.3 Å². The normalized spacial score (nSPS) is 11.6. The summed E-state index contributed by atoms with van der Waals surface area (Å²) in [6.07, 6.45) is -0.982. The van der Waals surface area contributed by atoms with Gasteiger partial charge < -0.3 is 15.2 Å². The maximum atomic E-state index is 13.3. The lowest BCUT2D eigenvalue weighted by Gasteiger charge is -2.21. The number of carbonyl (C=O) groups excluding carboxylic acids is 1. The predicted octanol–water partition coefficient (Wildman–Crippen LogP) is 5.24. The van der Waals surface area contributed by atoms with Gasteiger partial charge in [0.1, 0.15) is 5.75 Å². The molecule has 0 aromatic heterocycles. The lowest BCUT2D eigenvalue weighted by molar-refractivity contribution is 0.0696. The minimum Gasteiger partial charge on any atom is -0.478 e. The zero-order chi connectivity index (χ0) is 20.9. The highest BCUT2D eigenvalue weighted by Crippen LogP contribution is 2.21. The van der Waals surface area contributed by atoms with E-state index in [2.05, 4.69) is 5.32 Å². The number of fused-ring (bicyclic) bond motifs is 1. The molecule has 0 amide bonds. The van der Waals surface area contributed by atoms with Crippen LogP contribution in [0, 0.1) is 0 Å². The van der Waals surface area contributed by atoms with Gasteiger partial charge in [-0.15, -0.1) is 0 Å². The van der Waals surface area contributed by atoms with Crippen molar-refractivity contribution in [3.8, 4) is 5.75 Å². The van der Waals surface area contributed by atoms with Gasteiger partial charge in [0, 0.05) is 11.3 Å². The number of carboxylic acid groups (broad SMARTS) is 1. The standard InChI is InChI=1S/C25H19NO4/c27-23(20-11-10-17-6-4-5-7-19(17)16-20)24(30-22-8-2-1-3-9-22)26-21-14-12-18(13-15-21)25(28)29/h1-16,24,26H,(H,28,29). The van der Waals surface area contributed by atoms with Gasteiger partial charge in [-0.1, -0.05) is 54.6 Å². The molecule has 0 radical (unpaired) electrons. The summed E-state index contributed by atoms with van der Waals surface area (Å²) in [5, 5.41) is 14.2. The molecule has 4 rings (SSSR count). The van der Waals surface area contributed by atoms with Crippen LogP contribution in [0.5, 0.6) is 5.75 Å². The van der Waals surface area contributed by atoms with Crippen LogP contribution < -0.4 is 10.1 Å². The van der Waals surface area contributed by atoms with E-state index in [0.717, 1.165) is 10.8 Å². The van der Waals surface area contributed by atoms with E-state index in [-0.39, 0.29) is 11.3 Å². The third-order valence-electron chi connectivity index (χ3n) is 4.70. The molecule has 1 unspecified atom stereocenters. The molecule has 0 saturated heterocycles. The third-order valence-corrected chi connectivity index (χ3v) is 4.70. The molecule has 2 N–H and O–H groups in total. The number of rotatable bonds is 7. The smallest absolute Gasteiger partial charge is 0.335 e. The Morgan fingerprint density at radius 2 is 1.37 bits per heavy atom. The Morgan fingerprint density at radius 3 is 2.07 bits per heavy atom. The number of para-hydroxylation sites is 1. The van der Waals surface area contributed by atoms with Crippen LogP contribution in [0.25, 0.3) is 10.8 Å². The van der Waals surface area contributed by atoms with Gasteiger partial charge in [-0.25, -0.2) is 4.79 Å². The number of carbonyl (C=O) groups is 2. The Morgan fingerprint density at radius 1 is 0.733 bits per heavy atom. The molecule has 30 heavy (non-hydrogen) atoms. The quantitative estimate of drug-likeness (QED) is 0.330. The number of ketones is 1. The number of nitrogens with one attached hydrogen (secondary N) is 1. The molecule has 0 fully saturated rings. The fourth-order valence-electron chi connectivity index (χ4n) is 3.14. The molecule has 1 atom stereocenters. The molecule has 0 aliphatic carbocycles. The second-order valence-corrected chi connectivity index (χ2v) is 6.76. The second kappa shape index (κ2) is 8.49. The van der Waals surface area contributed by atoms with Gasteiger partial charge in [0.05, 0.1) is 5.56 Å². The van der Waals surface area contributed by atoms with Gasteiger partial charge >= 0.3 is 5.97 Å². The number of hydrogen-bond acceptors (Lipinski definition) is 4. The number of hydrogen-bond donors (Lipinski definition) is 2. The summed E-state index contributed by atoms with van der Waals surface area (Å²) in [6.45, 7) is 0. The van der Waals surface area contributed by atoms with Crippen molar-refractivity contribution in [1.29, 1.82) is 0 Å². The van der Waals surface area contributed by atoms with E-state index < -0.39 is 12.2 Å². The Hall–Kier alpha value is -4.12. The summed E-state index contributed by atoms with van der Waals surface area (Å²) in [4.78, 5) is 24.4. The summed E-state index contributed by atoms with van der Waals surface area (Å²) in [7, 11) is 0. The largest absolute Gasteiger partial charge is 0.478 e. The lowest BCUT2D eigenvalue weighted by atomic mass is 10.0. The van der Waals surface area contributed by atoms with Crippen molar-refractivity contribution < 1.29 is 19.4 Å². The minimum absolute atomic E-state index is 0.168. The van der Waals surface area contributed by atoms with Gasteiger partial charge in [0.25, 0.3) is 0 Å². The minimum atomic E-state index is -1.01. The SMILES string of the molecule is O=C(O)c1ccc(NC(Oc2ccccc2)C(=O)c2ccc3ccccc3c2)cc1. The Labute approximate surface area is 173 Å². The summed E-state index contributed by atoms with van der Waals surface area (Å²) in [6, 6.07) is 28.6. The fourth-order valence-corrected chi connectivity index (χ4v) is 3.14. The predicted molar refractivity (Wildman–Crippen MR) is 116 cm³/mol. The monoisotopic (exact) mass is 397 g/mol. The van der Waals surface area contributed by atoms with E-state index in [9.17, 15) is 9.59 Å². The lowest BCUT2D eigenvalue weighted by Crippen LogP contribution is -2.35. The average Bonchev–Trinajstić information content (AvgIpc) is 2.79. The van der Waals surface area contributed by atoms with Crippen molar-refractivity contribution in [2.75, 3.05) is 5.32 Å². The zero-order valence-electron chi connectivity index (χ0n) is 16.0. The van der Waals surface area contributed by atoms with E-state index in [4.69, 9.17) is 9.84 Å². The van der Waals surface area contributed by atoms with Crippen molar-refractivity contribution >= 4 is 28.2 Å². The molecule has 0 heterocycles. The average molecular weight is 397 g/mol. The van der Waals surface area contributed by atoms with Gasteiger partial charge in [-0.2, -0.15) is 0 Å². The summed E-state index contributed by atoms with van der Waals surface area (Å²) in [5.74, 6) is -0.691. The summed E-state index contributed by atoms with van der Waals surface area (Å²) < 4.78 is 5.95. The molecule has 5 heteroatoms. The van der Waals surface area contributed by atoms with Crippen LogP contribution in [0.1, 0.15) is 20.7 Å². The van der Waals surface area contributed by atoms with Gasteiger partial charge in [-0.3, -0.25) is 4.79 Å². The molecular weight excluding hydrogens is 378 g/mol. The molecular formula is C25H19NO4. The maximum absolute atomic E-state index is 13.3. The molecule has 148 valence electrons. The van der Waals surface area contributed by atoms with Crippen LogP contribution in [0.3, 0.4) is 0 Å². The van der Waals surface area contributed by atoms with Crippen LogP contribution in [0.2, 0.25) is 0 Å². The van der Waals surface area contributed by atoms with Crippen LogP contribution in [0.15, 0.2) is 97.1 Å². The number of Topliss-reactive ketones (excluding diaryl/α,β-unsaturated/α-hetero) is 1. The molecule has 0 spiro atoms. The van der Waals surface area contributed by atoms with Crippen LogP contribution in [-0.2, 0) is 0 Å². The van der Waals surface area contributed by atoms with Gasteiger partial charge in [0.2, 0.25) is 12.0 Å². The zero-order valence-corrected chi connectivity index (χ0v) is 16.0. The molecule has 0 aliphatic rings. The summed E-state index contributed by atoms with van der Waals surface area (Å²) in [5.41, 5.74) is 1.27. The first-order valence-electron chi connectivity index (χ1n) is 9.45. The van der Waals surface area contributed by atoms with Crippen LogP contribution in [0.4, 0.5) is 5.69 Å². The van der Waals surface area contributed by atoms with Gasteiger partial charge in [0.15, 0.2) is 0 Å². The van der Waals surface area contributed by atoms with E-state index in [1.165, 1.54) is 12.1 Å². The Kier molecular flexibility index (Phi) is 5.44. The fraction of sp³-hybridized carbons (Fsp3) is 0.0400. The van der Waals surface area contributed by atoms with Crippen LogP contribution >= 0.6 is 0 Å².